The second kappa shape index (κ2) is 11.8. The van der Waals surface area contributed by atoms with E-state index in [2.05, 4.69) is 25.7 Å². The van der Waals surface area contributed by atoms with E-state index in [0.29, 0.717) is 5.92 Å². The zero-order chi connectivity index (χ0) is 20.5. The normalized spacial score (nSPS) is 27.3. The van der Waals surface area contributed by atoms with Crippen molar-refractivity contribution in [2.45, 2.75) is 104 Å². The molecule has 2 fully saturated rings. The molecular formula is C28H41F. The first-order valence-electron chi connectivity index (χ1n) is 12.5. The van der Waals surface area contributed by atoms with Crippen LogP contribution >= 0.6 is 0 Å². The highest BCUT2D eigenvalue weighted by Gasteiger charge is 2.30. The molecule has 2 saturated carbocycles. The van der Waals surface area contributed by atoms with E-state index in [0.717, 1.165) is 48.1 Å². The van der Waals surface area contributed by atoms with Crippen molar-refractivity contribution in [1.82, 2.24) is 0 Å². The predicted octanol–water partition coefficient (Wildman–Crippen LogP) is 8.32. The first-order valence-corrected chi connectivity index (χ1v) is 12.5. The summed E-state index contributed by atoms with van der Waals surface area (Å²) in [5.41, 5.74) is 1.68. The molecule has 0 aliphatic heterocycles. The van der Waals surface area contributed by atoms with Gasteiger partial charge in [-0.1, -0.05) is 70.3 Å². The van der Waals surface area contributed by atoms with Gasteiger partial charge in [-0.2, -0.15) is 0 Å². The molecule has 1 heteroatoms. The number of benzene rings is 1. The predicted molar refractivity (Wildman–Crippen MR) is 122 cm³/mol. The Morgan fingerprint density at radius 3 is 2.14 bits per heavy atom. The monoisotopic (exact) mass is 396 g/mol. The Labute approximate surface area is 179 Å². The molecule has 29 heavy (non-hydrogen) atoms. The maximum Gasteiger partial charge on any atom is 0.127 e. The summed E-state index contributed by atoms with van der Waals surface area (Å²) in [6.45, 7) is 4.46. The van der Waals surface area contributed by atoms with E-state index in [-0.39, 0.29) is 5.82 Å². The second-order valence-electron chi connectivity index (χ2n) is 9.71. The van der Waals surface area contributed by atoms with Crippen molar-refractivity contribution in [2.24, 2.45) is 23.7 Å². The van der Waals surface area contributed by atoms with Crippen LogP contribution in [-0.2, 0) is 6.42 Å². The van der Waals surface area contributed by atoms with Crippen molar-refractivity contribution in [3.8, 4) is 11.8 Å². The summed E-state index contributed by atoms with van der Waals surface area (Å²) >= 11 is 0. The number of hydrogen-bond acceptors (Lipinski definition) is 0. The standard InChI is InChI=1S/C28H41F/c1-3-5-7-22-11-16-25(17-12-22)26-18-13-23(14-19-26)9-10-24-15-20-27(8-6-4-2)28(29)21-24/h15,20-23,25-26H,3-8,11-14,16-19H2,1-2H3/t22-,23?,25-,26?. The summed E-state index contributed by atoms with van der Waals surface area (Å²) in [7, 11) is 0. The average molecular weight is 397 g/mol. The van der Waals surface area contributed by atoms with Crippen LogP contribution < -0.4 is 0 Å². The van der Waals surface area contributed by atoms with Gasteiger partial charge < -0.3 is 0 Å². The lowest BCUT2D eigenvalue weighted by atomic mass is 9.69. The van der Waals surface area contributed by atoms with Crippen molar-refractivity contribution >= 4 is 0 Å². The van der Waals surface area contributed by atoms with Gasteiger partial charge in [0.05, 0.1) is 0 Å². The quantitative estimate of drug-likeness (QED) is 0.406. The zero-order valence-corrected chi connectivity index (χ0v) is 18.8. The molecule has 1 aromatic carbocycles. The van der Waals surface area contributed by atoms with Crippen LogP contribution in [0.15, 0.2) is 18.2 Å². The molecule has 0 spiro atoms. The molecule has 1 aromatic rings. The first kappa shape index (κ1) is 22.4. The van der Waals surface area contributed by atoms with E-state index in [1.165, 1.54) is 70.6 Å². The summed E-state index contributed by atoms with van der Waals surface area (Å²) in [6, 6.07) is 5.58. The lowest BCUT2D eigenvalue weighted by molar-refractivity contribution is 0.153. The Hall–Kier alpha value is -1.29. The van der Waals surface area contributed by atoms with Gasteiger partial charge in [0, 0.05) is 11.5 Å². The molecule has 3 rings (SSSR count). The second-order valence-corrected chi connectivity index (χ2v) is 9.71. The van der Waals surface area contributed by atoms with E-state index < -0.39 is 0 Å². The average Bonchev–Trinajstić information content (AvgIpc) is 2.76. The molecule has 2 aliphatic rings. The van der Waals surface area contributed by atoms with Crippen molar-refractivity contribution in [3.63, 3.8) is 0 Å². The largest absolute Gasteiger partial charge is 0.207 e. The number of aryl methyl sites for hydroxylation is 1. The Balaban J connectivity index is 1.43. The molecule has 0 radical (unpaired) electrons. The molecular weight excluding hydrogens is 355 g/mol. The molecule has 0 bridgehead atoms. The van der Waals surface area contributed by atoms with Gasteiger partial charge in [0.1, 0.15) is 5.82 Å². The van der Waals surface area contributed by atoms with E-state index in [1.807, 2.05) is 12.1 Å². The van der Waals surface area contributed by atoms with Crippen LogP contribution in [0.2, 0.25) is 0 Å². The minimum Gasteiger partial charge on any atom is -0.207 e. The lowest BCUT2D eigenvalue weighted by Crippen LogP contribution is -2.25. The molecule has 0 atom stereocenters. The highest BCUT2D eigenvalue weighted by molar-refractivity contribution is 5.37. The summed E-state index contributed by atoms with van der Waals surface area (Å²) in [4.78, 5) is 0. The Bertz CT molecular complexity index is 663. The third-order valence-corrected chi connectivity index (χ3v) is 7.57. The van der Waals surface area contributed by atoms with Crippen molar-refractivity contribution < 1.29 is 4.39 Å². The van der Waals surface area contributed by atoms with Crippen LogP contribution in [0.3, 0.4) is 0 Å². The number of unbranched alkanes of at least 4 members (excludes halogenated alkanes) is 2. The fraction of sp³-hybridized carbons (Fsp3) is 0.714. The minimum absolute atomic E-state index is 0.0801. The van der Waals surface area contributed by atoms with E-state index in [4.69, 9.17) is 0 Å². The van der Waals surface area contributed by atoms with Gasteiger partial charge in [0.2, 0.25) is 0 Å². The molecule has 0 amide bonds. The summed E-state index contributed by atoms with van der Waals surface area (Å²) in [6.07, 6.45) is 18.3. The van der Waals surface area contributed by atoms with Gasteiger partial charge >= 0.3 is 0 Å². The van der Waals surface area contributed by atoms with Gasteiger partial charge in [0.15, 0.2) is 0 Å². The van der Waals surface area contributed by atoms with Gasteiger partial charge in [-0.3, -0.25) is 0 Å². The van der Waals surface area contributed by atoms with Gasteiger partial charge in [0.25, 0.3) is 0 Å². The zero-order valence-electron chi connectivity index (χ0n) is 18.8. The van der Waals surface area contributed by atoms with E-state index in [1.54, 1.807) is 6.07 Å². The van der Waals surface area contributed by atoms with Crippen LogP contribution in [0.4, 0.5) is 4.39 Å². The van der Waals surface area contributed by atoms with Crippen LogP contribution in [0.1, 0.15) is 108 Å². The molecule has 0 nitrogen and oxygen atoms in total. The fourth-order valence-corrected chi connectivity index (χ4v) is 5.56. The maximum atomic E-state index is 14.2. The molecule has 2 aliphatic carbocycles. The molecule has 0 N–H and O–H groups in total. The summed E-state index contributed by atoms with van der Waals surface area (Å²) in [5, 5.41) is 0. The van der Waals surface area contributed by atoms with Crippen molar-refractivity contribution in [2.75, 3.05) is 0 Å². The highest BCUT2D eigenvalue weighted by Crippen LogP contribution is 2.42. The van der Waals surface area contributed by atoms with Crippen LogP contribution in [0, 0.1) is 41.3 Å². The van der Waals surface area contributed by atoms with Gasteiger partial charge in [-0.15, -0.1) is 0 Å². The maximum absolute atomic E-state index is 14.2. The summed E-state index contributed by atoms with van der Waals surface area (Å²) < 4.78 is 14.2. The van der Waals surface area contributed by atoms with Crippen LogP contribution in [0.25, 0.3) is 0 Å². The Morgan fingerprint density at radius 1 is 0.862 bits per heavy atom. The molecule has 0 saturated heterocycles. The summed E-state index contributed by atoms with van der Waals surface area (Å²) in [5.74, 6) is 10.1. The molecule has 0 aromatic heterocycles. The number of hydrogen-bond donors (Lipinski definition) is 0. The van der Waals surface area contributed by atoms with Crippen LogP contribution in [0.5, 0.6) is 0 Å². The smallest absolute Gasteiger partial charge is 0.127 e. The van der Waals surface area contributed by atoms with Crippen LogP contribution in [-0.4, -0.2) is 0 Å². The van der Waals surface area contributed by atoms with Gasteiger partial charge in [-0.25, -0.2) is 4.39 Å². The molecule has 0 heterocycles. The third kappa shape index (κ3) is 6.87. The molecule has 0 unspecified atom stereocenters. The highest BCUT2D eigenvalue weighted by atomic mass is 19.1. The fourth-order valence-electron chi connectivity index (χ4n) is 5.56. The van der Waals surface area contributed by atoms with Crippen molar-refractivity contribution in [1.29, 1.82) is 0 Å². The topological polar surface area (TPSA) is 0 Å². The third-order valence-electron chi connectivity index (χ3n) is 7.57. The minimum atomic E-state index is -0.0801. The van der Waals surface area contributed by atoms with Crippen molar-refractivity contribution in [3.05, 3.63) is 35.1 Å². The van der Waals surface area contributed by atoms with Gasteiger partial charge in [-0.05, 0) is 86.8 Å². The number of rotatable bonds is 7. The number of halogens is 1. The Morgan fingerprint density at radius 2 is 1.52 bits per heavy atom. The first-order chi connectivity index (χ1) is 14.2. The SMILES string of the molecule is CCCCc1ccc(C#CC2CCC([C@H]3CC[C@H](CCCC)CC3)CC2)cc1F. The van der Waals surface area contributed by atoms with E-state index >= 15 is 0 Å². The molecule has 160 valence electrons. The Kier molecular flexibility index (Phi) is 9.10. The lowest BCUT2D eigenvalue weighted by Gasteiger charge is -2.37. The van der Waals surface area contributed by atoms with E-state index in [9.17, 15) is 4.39 Å².